The minimum absolute atomic E-state index is 0.0237. The quantitative estimate of drug-likeness (QED) is 0.395. The van der Waals surface area contributed by atoms with E-state index in [2.05, 4.69) is 22.1 Å². The summed E-state index contributed by atoms with van der Waals surface area (Å²) in [4.78, 5) is 8.42. The fourth-order valence-electron chi connectivity index (χ4n) is 3.33. The lowest BCUT2D eigenvalue weighted by molar-refractivity contribution is 0.671. The van der Waals surface area contributed by atoms with Gasteiger partial charge in [-0.25, -0.2) is 0 Å². The van der Waals surface area contributed by atoms with Crippen molar-refractivity contribution in [3.63, 3.8) is 0 Å². The predicted molar refractivity (Wildman–Crippen MR) is 105 cm³/mol. The number of fused-ring (bicyclic) bond motifs is 3. The van der Waals surface area contributed by atoms with E-state index >= 15 is 0 Å². The zero-order valence-corrected chi connectivity index (χ0v) is 13.8. The van der Waals surface area contributed by atoms with Crippen molar-refractivity contribution >= 4 is 21.9 Å². The second-order valence-electron chi connectivity index (χ2n) is 6.12. The normalized spacial score (nSPS) is 13.5. The summed E-state index contributed by atoms with van der Waals surface area (Å²) in [6, 6.07) is 22.1. The number of rotatable bonds is 2. The van der Waals surface area contributed by atoms with E-state index in [4.69, 9.17) is 8.53 Å². The van der Waals surface area contributed by atoms with Crippen molar-refractivity contribution < 1.29 is 8.53 Å². The second kappa shape index (κ2) is 5.81. The molecule has 0 atom stereocenters. The molecule has 0 saturated heterocycles. The van der Waals surface area contributed by atoms with Crippen LogP contribution >= 0.6 is 0 Å². The first-order valence-corrected chi connectivity index (χ1v) is 8.35. The fourth-order valence-corrected chi connectivity index (χ4v) is 3.33. The van der Waals surface area contributed by atoms with Crippen LogP contribution in [0.1, 0.15) is 9.81 Å². The van der Waals surface area contributed by atoms with Crippen LogP contribution in [0.4, 0.5) is 0 Å². The standard InChI is InChI=1S/C23H16N2O/c1-15-13-25-21(14-24-15)20-12-6-11-19-18-10-5-9-17(22(18)26-23(19)20)16-7-3-2-4-8-16/h2-14H,1H3/i1D3. The Labute approximate surface area is 155 Å². The summed E-state index contributed by atoms with van der Waals surface area (Å²) in [6.45, 7) is -2.28. The van der Waals surface area contributed by atoms with Crippen molar-refractivity contribution in [3.05, 3.63) is 84.8 Å². The van der Waals surface area contributed by atoms with E-state index < -0.39 is 6.85 Å². The topological polar surface area (TPSA) is 38.9 Å². The molecule has 0 radical (unpaired) electrons. The molecule has 3 heteroatoms. The largest absolute Gasteiger partial charge is 0.455 e. The van der Waals surface area contributed by atoms with E-state index in [0.29, 0.717) is 11.3 Å². The summed E-state index contributed by atoms with van der Waals surface area (Å²) in [5.41, 5.74) is 4.96. The molecule has 0 N–H and O–H groups in total. The number of nitrogens with zero attached hydrogens (tertiary/aromatic N) is 2. The maximum absolute atomic E-state index is 7.47. The molecule has 0 unspecified atom stereocenters. The third-order valence-electron chi connectivity index (χ3n) is 4.54. The predicted octanol–water partition coefficient (Wildman–Crippen LogP) is 6.02. The van der Waals surface area contributed by atoms with Crippen LogP contribution in [0.3, 0.4) is 0 Å². The van der Waals surface area contributed by atoms with Gasteiger partial charge in [0.2, 0.25) is 0 Å². The summed E-state index contributed by atoms with van der Waals surface area (Å²) in [6.07, 6.45) is 2.79. The van der Waals surface area contributed by atoms with Crippen LogP contribution < -0.4 is 0 Å². The van der Waals surface area contributed by atoms with Crippen molar-refractivity contribution in [2.45, 2.75) is 6.85 Å². The molecule has 26 heavy (non-hydrogen) atoms. The molecule has 3 aromatic carbocycles. The van der Waals surface area contributed by atoms with Gasteiger partial charge >= 0.3 is 0 Å². The van der Waals surface area contributed by atoms with Gasteiger partial charge in [-0.2, -0.15) is 0 Å². The Hall–Kier alpha value is -3.46. The van der Waals surface area contributed by atoms with Gasteiger partial charge < -0.3 is 4.42 Å². The molecule has 0 aliphatic heterocycles. The smallest absolute Gasteiger partial charge is 0.144 e. The minimum atomic E-state index is -2.28. The molecule has 0 spiro atoms. The lowest BCUT2D eigenvalue weighted by Crippen LogP contribution is -1.88. The molecule has 0 aliphatic rings. The molecule has 5 aromatic rings. The van der Waals surface area contributed by atoms with Gasteiger partial charge in [0.25, 0.3) is 0 Å². The average molecular weight is 339 g/mol. The third-order valence-corrected chi connectivity index (χ3v) is 4.54. The van der Waals surface area contributed by atoms with E-state index in [0.717, 1.165) is 33.0 Å². The Morgan fingerprint density at radius 1 is 0.731 bits per heavy atom. The fraction of sp³-hybridized carbons (Fsp3) is 0.0435. The van der Waals surface area contributed by atoms with E-state index in [1.54, 1.807) is 0 Å². The first kappa shape index (κ1) is 12.0. The molecule has 3 nitrogen and oxygen atoms in total. The summed E-state index contributed by atoms with van der Waals surface area (Å²) in [7, 11) is 0. The Kier molecular flexibility index (Phi) is 2.68. The van der Waals surface area contributed by atoms with Gasteiger partial charge in [0.1, 0.15) is 11.2 Å². The summed E-state index contributed by atoms with van der Waals surface area (Å²) in [5, 5.41) is 2.01. The highest BCUT2D eigenvalue weighted by atomic mass is 16.3. The van der Waals surface area contributed by atoms with Crippen LogP contribution in [-0.2, 0) is 0 Å². The molecule has 2 aromatic heterocycles. The molecule has 5 rings (SSSR count). The number of benzene rings is 3. The summed E-state index contributed by atoms with van der Waals surface area (Å²) >= 11 is 0. The summed E-state index contributed by atoms with van der Waals surface area (Å²) in [5.74, 6) is 0. The molecular weight excluding hydrogens is 320 g/mol. The maximum atomic E-state index is 7.47. The van der Waals surface area contributed by atoms with Gasteiger partial charge in [-0.15, -0.1) is 0 Å². The van der Waals surface area contributed by atoms with Crippen molar-refractivity contribution in [1.82, 2.24) is 9.97 Å². The number of aromatic nitrogens is 2. The Morgan fingerprint density at radius 3 is 2.15 bits per heavy atom. The van der Waals surface area contributed by atoms with Crippen LogP contribution in [0.2, 0.25) is 0 Å². The van der Waals surface area contributed by atoms with Crippen molar-refractivity contribution in [3.8, 4) is 22.4 Å². The zero-order valence-electron chi connectivity index (χ0n) is 16.8. The monoisotopic (exact) mass is 339 g/mol. The molecular formula is C23H16N2O. The van der Waals surface area contributed by atoms with Crippen LogP contribution in [0, 0.1) is 6.85 Å². The molecule has 0 aliphatic carbocycles. The molecule has 0 bridgehead atoms. The molecule has 0 fully saturated rings. The van der Waals surface area contributed by atoms with E-state index in [1.807, 2.05) is 54.6 Å². The van der Waals surface area contributed by atoms with Gasteiger partial charge in [0.05, 0.1) is 17.6 Å². The molecule has 0 saturated carbocycles. The summed E-state index contributed by atoms with van der Waals surface area (Å²) < 4.78 is 28.8. The SMILES string of the molecule is [2H]C([2H])([2H])c1cnc(-c2cccc3c2oc2c(-c4ccccc4)cccc23)cn1. The Morgan fingerprint density at radius 2 is 1.46 bits per heavy atom. The number of para-hydroxylation sites is 2. The van der Waals surface area contributed by atoms with Crippen LogP contribution in [-0.4, -0.2) is 9.97 Å². The lowest BCUT2D eigenvalue weighted by Gasteiger charge is -2.02. The van der Waals surface area contributed by atoms with Gasteiger partial charge in [-0.3, -0.25) is 9.97 Å². The first-order chi connectivity index (χ1) is 14.0. The average Bonchev–Trinajstić information content (AvgIpc) is 3.13. The van der Waals surface area contributed by atoms with Gasteiger partial charge in [-0.1, -0.05) is 60.7 Å². The highest BCUT2D eigenvalue weighted by Gasteiger charge is 2.15. The number of hydrogen-bond acceptors (Lipinski definition) is 3. The maximum Gasteiger partial charge on any atom is 0.144 e. The number of aryl methyl sites for hydroxylation is 1. The molecule has 0 amide bonds. The van der Waals surface area contributed by atoms with Crippen molar-refractivity contribution in [2.24, 2.45) is 0 Å². The number of furan rings is 1. The third kappa shape index (κ3) is 2.29. The number of hydrogen-bond donors (Lipinski definition) is 0. The highest BCUT2D eigenvalue weighted by molar-refractivity contribution is 6.12. The van der Waals surface area contributed by atoms with Crippen LogP contribution in [0.5, 0.6) is 0 Å². The first-order valence-electron chi connectivity index (χ1n) is 9.85. The van der Waals surface area contributed by atoms with Gasteiger partial charge in [0, 0.05) is 32.2 Å². The molecule has 124 valence electrons. The highest BCUT2D eigenvalue weighted by Crippen LogP contribution is 2.39. The van der Waals surface area contributed by atoms with Gasteiger partial charge in [0.15, 0.2) is 0 Å². The Balaban J connectivity index is 1.73. The van der Waals surface area contributed by atoms with Crippen molar-refractivity contribution in [1.29, 1.82) is 0 Å². The molecule has 2 heterocycles. The van der Waals surface area contributed by atoms with E-state index in [-0.39, 0.29) is 5.69 Å². The van der Waals surface area contributed by atoms with Crippen molar-refractivity contribution in [2.75, 3.05) is 0 Å². The zero-order chi connectivity index (χ0) is 20.0. The minimum Gasteiger partial charge on any atom is -0.455 e. The van der Waals surface area contributed by atoms with Crippen LogP contribution in [0.15, 0.2) is 83.5 Å². The van der Waals surface area contributed by atoms with E-state index in [1.165, 1.54) is 12.4 Å². The second-order valence-corrected chi connectivity index (χ2v) is 6.12. The Bertz CT molecular complexity index is 1320. The van der Waals surface area contributed by atoms with Crippen LogP contribution in [0.25, 0.3) is 44.3 Å². The van der Waals surface area contributed by atoms with Gasteiger partial charge in [-0.05, 0) is 18.5 Å². The lowest BCUT2D eigenvalue weighted by atomic mass is 10.0. The van der Waals surface area contributed by atoms with E-state index in [9.17, 15) is 0 Å².